The summed E-state index contributed by atoms with van der Waals surface area (Å²) in [6, 6.07) is 10.4. The molecule has 0 aliphatic carbocycles. The molecular weight excluding hydrogens is 470 g/mol. The van der Waals surface area contributed by atoms with E-state index in [-0.39, 0.29) is 16.8 Å². The van der Waals surface area contributed by atoms with Gasteiger partial charge in [0.25, 0.3) is 10.0 Å². The van der Waals surface area contributed by atoms with Gasteiger partial charge in [0, 0.05) is 30.7 Å². The van der Waals surface area contributed by atoms with Gasteiger partial charge < -0.3 is 10.2 Å². The zero-order valence-electron chi connectivity index (χ0n) is 20.3. The number of piperidine rings is 1. The lowest BCUT2D eigenvalue weighted by Crippen LogP contribution is -2.43. The quantitative estimate of drug-likeness (QED) is 0.526. The molecule has 1 atom stereocenters. The van der Waals surface area contributed by atoms with Crippen LogP contribution in [-0.2, 0) is 14.8 Å². The van der Waals surface area contributed by atoms with Gasteiger partial charge in [0.15, 0.2) is 0 Å². The van der Waals surface area contributed by atoms with Crippen molar-refractivity contribution in [1.29, 1.82) is 0 Å². The van der Waals surface area contributed by atoms with Crippen molar-refractivity contribution in [2.24, 2.45) is 0 Å². The molecule has 2 aromatic rings. The number of para-hydroxylation sites is 1. The molecule has 1 aliphatic heterocycles. The number of benzene rings is 2. The number of hydrogen-bond donors (Lipinski definition) is 1. The van der Waals surface area contributed by atoms with Crippen LogP contribution in [0.25, 0.3) is 6.08 Å². The van der Waals surface area contributed by atoms with Crippen molar-refractivity contribution in [1.82, 2.24) is 10.2 Å². The zero-order chi connectivity index (χ0) is 24.9. The lowest BCUT2D eigenvalue weighted by molar-refractivity contribution is -0.117. The number of aryl methyl sites for hydroxylation is 2. The Hall–Kier alpha value is -2.35. The van der Waals surface area contributed by atoms with Gasteiger partial charge in [0.1, 0.15) is 0 Å². The molecule has 8 heteroatoms. The number of anilines is 1. The maximum atomic E-state index is 13.4. The molecule has 1 amide bonds. The lowest BCUT2D eigenvalue weighted by Gasteiger charge is -2.29. The Bertz CT molecular complexity index is 1160. The summed E-state index contributed by atoms with van der Waals surface area (Å²) in [6.07, 6.45) is 6.82. The van der Waals surface area contributed by atoms with Gasteiger partial charge in [-0.1, -0.05) is 36.2 Å². The molecule has 0 bridgehead atoms. The molecule has 6 nitrogen and oxygen atoms in total. The monoisotopic (exact) mass is 503 g/mol. The fraction of sp³-hybridized carbons (Fsp3) is 0.423. The average Bonchev–Trinajstić information content (AvgIpc) is 2.80. The van der Waals surface area contributed by atoms with E-state index in [2.05, 4.69) is 10.2 Å². The maximum absolute atomic E-state index is 13.4. The fourth-order valence-electron chi connectivity index (χ4n) is 4.26. The number of halogens is 1. The number of hydrogen-bond acceptors (Lipinski definition) is 4. The van der Waals surface area contributed by atoms with Gasteiger partial charge in [-0.25, -0.2) is 8.42 Å². The summed E-state index contributed by atoms with van der Waals surface area (Å²) in [4.78, 5) is 15.1. The van der Waals surface area contributed by atoms with Crippen LogP contribution in [0.15, 0.2) is 47.4 Å². The second kappa shape index (κ2) is 11.4. The fourth-order valence-corrected chi connectivity index (χ4v) is 5.99. The Kier molecular flexibility index (Phi) is 8.79. The molecule has 0 radical (unpaired) electrons. The van der Waals surface area contributed by atoms with Gasteiger partial charge in [-0.15, -0.1) is 0 Å². The van der Waals surface area contributed by atoms with Crippen molar-refractivity contribution in [2.45, 2.75) is 51.0 Å². The van der Waals surface area contributed by atoms with Crippen LogP contribution < -0.4 is 9.62 Å². The highest BCUT2D eigenvalue weighted by Crippen LogP contribution is 2.30. The van der Waals surface area contributed by atoms with Crippen LogP contribution in [0.2, 0.25) is 5.02 Å². The van der Waals surface area contributed by atoms with Crippen molar-refractivity contribution >= 4 is 39.3 Å². The Morgan fingerprint density at radius 3 is 2.53 bits per heavy atom. The summed E-state index contributed by atoms with van der Waals surface area (Å²) < 4.78 is 28.1. The van der Waals surface area contributed by atoms with Gasteiger partial charge >= 0.3 is 0 Å². The molecule has 0 saturated carbocycles. The van der Waals surface area contributed by atoms with Crippen LogP contribution in [0, 0.1) is 13.8 Å². The van der Waals surface area contributed by atoms with E-state index in [0.29, 0.717) is 27.4 Å². The highest BCUT2D eigenvalue weighted by molar-refractivity contribution is 7.92. The minimum absolute atomic E-state index is 0.0321. The predicted octanol–water partition coefficient (Wildman–Crippen LogP) is 4.79. The Balaban J connectivity index is 1.75. The third kappa shape index (κ3) is 6.40. The van der Waals surface area contributed by atoms with E-state index < -0.39 is 10.0 Å². The zero-order valence-corrected chi connectivity index (χ0v) is 21.9. The molecule has 34 heavy (non-hydrogen) atoms. The molecular formula is C26H34ClN3O3S. The van der Waals surface area contributed by atoms with Crippen LogP contribution >= 0.6 is 11.6 Å². The summed E-state index contributed by atoms with van der Waals surface area (Å²) in [7, 11) is -2.30. The molecule has 1 N–H and O–H groups in total. The molecule has 1 saturated heterocycles. The highest BCUT2D eigenvalue weighted by atomic mass is 35.5. The predicted molar refractivity (Wildman–Crippen MR) is 140 cm³/mol. The second-order valence-electron chi connectivity index (χ2n) is 9.00. The third-order valence-corrected chi connectivity index (χ3v) is 8.47. The summed E-state index contributed by atoms with van der Waals surface area (Å²) >= 11 is 6.16. The van der Waals surface area contributed by atoms with Gasteiger partial charge in [0.2, 0.25) is 5.91 Å². The summed E-state index contributed by atoms with van der Waals surface area (Å²) in [5, 5.41) is 3.54. The molecule has 1 fully saturated rings. The Labute approximate surface area is 208 Å². The topological polar surface area (TPSA) is 69.7 Å². The first kappa shape index (κ1) is 26.3. The molecule has 1 aliphatic rings. The number of rotatable bonds is 8. The van der Waals surface area contributed by atoms with E-state index in [9.17, 15) is 13.2 Å². The van der Waals surface area contributed by atoms with E-state index in [0.717, 1.165) is 19.6 Å². The molecule has 0 spiro atoms. The van der Waals surface area contributed by atoms with Gasteiger partial charge in [-0.2, -0.15) is 0 Å². The van der Waals surface area contributed by atoms with Crippen molar-refractivity contribution in [3.05, 3.63) is 64.2 Å². The second-order valence-corrected chi connectivity index (χ2v) is 11.3. The summed E-state index contributed by atoms with van der Waals surface area (Å²) in [6.45, 7) is 8.51. The van der Waals surface area contributed by atoms with Crippen LogP contribution in [0.5, 0.6) is 0 Å². The number of nitrogens with zero attached hydrogens (tertiary/aromatic N) is 2. The number of carbonyl (C=O) groups excluding carboxylic acids is 1. The highest BCUT2D eigenvalue weighted by Gasteiger charge is 2.25. The van der Waals surface area contributed by atoms with Crippen LogP contribution in [0.3, 0.4) is 0 Å². The summed E-state index contributed by atoms with van der Waals surface area (Å²) in [5.74, 6) is -0.200. The molecule has 3 rings (SSSR count). The number of amides is 1. The van der Waals surface area contributed by atoms with E-state index in [1.807, 2.05) is 13.0 Å². The molecule has 184 valence electrons. The number of carbonyl (C=O) groups is 1. The van der Waals surface area contributed by atoms with E-state index in [1.165, 1.54) is 36.7 Å². The molecule has 0 unspecified atom stereocenters. The number of sulfonamides is 1. The standard InChI is InChI=1S/C26H34ClN3O3S/c1-19-17-25(20(2)16-23(19)27)34(32,33)29(4)24-11-7-6-10-22(24)12-13-26(31)28-21(3)18-30-14-8-5-9-15-30/h6-7,10-13,16-17,21H,5,8-9,14-15,18H2,1-4H3,(H,28,31)/b13-12+/t21-/m0/s1. The first-order valence-corrected chi connectivity index (χ1v) is 13.5. The largest absolute Gasteiger partial charge is 0.349 e. The minimum Gasteiger partial charge on any atom is -0.349 e. The maximum Gasteiger partial charge on any atom is 0.264 e. The first-order chi connectivity index (χ1) is 16.1. The molecule has 2 aromatic carbocycles. The minimum atomic E-state index is -3.82. The van der Waals surface area contributed by atoms with E-state index in [4.69, 9.17) is 11.6 Å². The smallest absolute Gasteiger partial charge is 0.264 e. The normalized spacial score (nSPS) is 15.9. The van der Waals surface area contributed by atoms with Gasteiger partial charge in [-0.05, 0) is 87.7 Å². The van der Waals surface area contributed by atoms with Crippen molar-refractivity contribution in [2.75, 3.05) is 31.0 Å². The summed E-state index contributed by atoms with van der Waals surface area (Å²) in [5.41, 5.74) is 2.40. The van der Waals surface area contributed by atoms with Gasteiger partial charge in [-0.3, -0.25) is 9.10 Å². The average molecular weight is 504 g/mol. The SMILES string of the molecule is Cc1cc(S(=O)(=O)N(C)c2ccccc2/C=C/C(=O)N[C@@H](C)CN2CCCCC2)c(C)cc1Cl. The first-order valence-electron chi connectivity index (χ1n) is 11.6. The van der Waals surface area contributed by atoms with Crippen LogP contribution in [-0.4, -0.2) is 51.9 Å². The van der Waals surface area contributed by atoms with E-state index in [1.54, 1.807) is 50.3 Å². The number of likely N-dealkylation sites (tertiary alicyclic amines) is 1. The number of nitrogens with one attached hydrogen (secondary N) is 1. The van der Waals surface area contributed by atoms with E-state index >= 15 is 0 Å². The van der Waals surface area contributed by atoms with Gasteiger partial charge in [0.05, 0.1) is 10.6 Å². The molecule has 0 aromatic heterocycles. The lowest BCUT2D eigenvalue weighted by atomic mass is 10.1. The Morgan fingerprint density at radius 1 is 1.15 bits per heavy atom. The van der Waals surface area contributed by atoms with Crippen LogP contribution in [0.4, 0.5) is 5.69 Å². The third-order valence-electron chi connectivity index (χ3n) is 6.15. The van der Waals surface area contributed by atoms with Crippen molar-refractivity contribution in [3.63, 3.8) is 0 Å². The Morgan fingerprint density at radius 2 is 1.82 bits per heavy atom. The van der Waals surface area contributed by atoms with Crippen LogP contribution in [0.1, 0.15) is 42.9 Å². The van der Waals surface area contributed by atoms with Crippen molar-refractivity contribution < 1.29 is 13.2 Å². The molecule has 1 heterocycles. The van der Waals surface area contributed by atoms with Crippen molar-refractivity contribution in [3.8, 4) is 0 Å².